The van der Waals surface area contributed by atoms with E-state index in [0.29, 0.717) is 12.6 Å². The Hall–Kier alpha value is -0.590. The molecule has 0 saturated carbocycles. The number of piperazine rings is 1. The molecule has 0 spiro atoms. The fourth-order valence-electron chi connectivity index (χ4n) is 3.41. The lowest BCUT2D eigenvalue weighted by atomic mass is 9.80. The lowest BCUT2D eigenvalue weighted by Gasteiger charge is -2.42. The highest BCUT2D eigenvalue weighted by atomic mass is 35.5. The SMILES string of the molecule is CCC(CC)(CN)C(=O)N1CCN(C(C)c2cccnc2)CC1.Cl.Cl.Cl. The van der Waals surface area contributed by atoms with Crippen molar-refractivity contribution in [3.63, 3.8) is 0 Å². The minimum absolute atomic E-state index is 0. The molecule has 1 fully saturated rings. The van der Waals surface area contributed by atoms with Gasteiger partial charge in [0, 0.05) is 51.2 Å². The topological polar surface area (TPSA) is 62.5 Å². The van der Waals surface area contributed by atoms with Gasteiger partial charge in [-0.2, -0.15) is 0 Å². The molecule has 1 amide bonds. The Bertz CT molecular complexity index is 498. The van der Waals surface area contributed by atoms with Crippen LogP contribution in [0.1, 0.15) is 45.2 Å². The zero-order valence-electron chi connectivity index (χ0n) is 15.9. The van der Waals surface area contributed by atoms with Crippen molar-refractivity contribution in [2.75, 3.05) is 32.7 Å². The second kappa shape index (κ2) is 12.7. The normalized spacial score (nSPS) is 15.9. The fourth-order valence-corrected chi connectivity index (χ4v) is 3.41. The molecule has 1 atom stereocenters. The molecular weight excluding hydrogens is 395 g/mol. The van der Waals surface area contributed by atoms with Crippen molar-refractivity contribution in [1.82, 2.24) is 14.8 Å². The summed E-state index contributed by atoms with van der Waals surface area (Å²) in [5, 5.41) is 0. The van der Waals surface area contributed by atoms with E-state index in [1.807, 2.05) is 17.2 Å². The van der Waals surface area contributed by atoms with Crippen LogP contribution in [0.15, 0.2) is 24.5 Å². The third-order valence-corrected chi connectivity index (χ3v) is 5.51. The van der Waals surface area contributed by atoms with Crippen molar-refractivity contribution >= 4 is 43.1 Å². The Labute approximate surface area is 176 Å². The highest BCUT2D eigenvalue weighted by molar-refractivity contribution is 5.86. The summed E-state index contributed by atoms with van der Waals surface area (Å²) in [7, 11) is 0. The van der Waals surface area contributed by atoms with Crippen LogP contribution in [-0.2, 0) is 4.79 Å². The molecule has 1 unspecified atom stereocenters. The molecule has 5 nitrogen and oxygen atoms in total. The molecule has 1 aromatic rings. The summed E-state index contributed by atoms with van der Waals surface area (Å²) in [4.78, 5) is 21.5. The van der Waals surface area contributed by atoms with Gasteiger partial charge in [-0.05, 0) is 31.4 Å². The Kier molecular flexibility index (Phi) is 13.5. The van der Waals surface area contributed by atoms with E-state index >= 15 is 0 Å². The number of carbonyl (C=O) groups excluding carboxylic acids is 1. The minimum Gasteiger partial charge on any atom is -0.340 e. The first-order valence-corrected chi connectivity index (χ1v) is 8.71. The Morgan fingerprint density at radius 1 is 1.19 bits per heavy atom. The zero-order chi connectivity index (χ0) is 16.9. The Balaban J connectivity index is 0. The lowest BCUT2D eigenvalue weighted by Crippen LogP contribution is -2.55. The number of hydrogen-bond acceptors (Lipinski definition) is 4. The van der Waals surface area contributed by atoms with E-state index in [-0.39, 0.29) is 48.5 Å². The molecule has 1 aromatic heterocycles. The van der Waals surface area contributed by atoms with Gasteiger partial charge in [0.15, 0.2) is 0 Å². The molecule has 2 rings (SSSR count). The molecule has 152 valence electrons. The predicted molar refractivity (Wildman–Crippen MR) is 115 cm³/mol. The van der Waals surface area contributed by atoms with Crippen LogP contribution in [0.2, 0.25) is 0 Å². The first kappa shape index (κ1) is 27.6. The summed E-state index contributed by atoms with van der Waals surface area (Å²) in [6.45, 7) is 10.1. The largest absolute Gasteiger partial charge is 0.340 e. The maximum atomic E-state index is 12.9. The van der Waals surface area contributed by atoms with Gasteiger partial charge in [0.2, 0.25) is 5.91 Å². The average molecular weight is 428 g/mol. The number of amides is 1. The average Bonchev–Trinajstić information content (AvgIpc) is 2.64. The van der Waals surface area contributed by atoms with Crippen molar-refractivity contribution in [3.8, 4) is 0 Å². The first-order chi connectivity index (χ1) is 11.1. The van der Waals surface area contributed by atoms with Crippen LogP contribution in [-0.4, -0.2) is 53.4 Å². The minimum atomic E-state index is -0.378. The Morgan fingerprint density at radius 3 is 2.19 bits per heavy atom. The molecule has 0 bridgehead atoms. The lowest BCUT2D eigenvalue weighted by molar-refractivity contribution is -0.144. The molecular formula is C18H33Cl3N4O. The summed E-state index contributed by atoms with van der Waals surface area (Å²) in [6.07, 6.45) is 5.35. The summed E-state index contributed by atoms with van der Waals surface area (Å²) in [5.41, 5.74) is 6.77. The van der Waals surface area contributed by atoms with Crippen molar-refractivity contribution in [3.05, 3.63) is 30.1 Å². The van der Waals surface area contributed by atoms with Crippen LogP contribution in [0, 0.1) is 5.41 Å². The van der Waals surface area contributed by atoms with Crippen LogP contribution in [0.4, 0.5) is 0 Å². The van der Waals surface area contributed by atoms with Gasteiger partial charge in [0.25, 0.3) is 0 Å². The maximum absolute atomic E-state index is 12.9. The van der Waals surface area contributed by atoms with Crippen molar-refractivity contribution < 1.29 is 4.79 Å². The monoisotopic (exact) mass is 426 g/mol. The smallest absolute Gasteiger partial charge is 0.230 e. The quantitative estimate of drug-likeness (QED) is 0.756. The summed E-state index contributed by atoms with van der Waals surface area (Å²) in [5.74, 6) is 0.235. The Morgan fingerprint density at radius 2 is 1.77 bits per heavy atom. The highest BCUT2D eigenvalue weighted by Gasteiger charge is 2.38. The van der Waals surface area contributed by atoms with Crippen LogP contribution in [0.25, 0.3) is 0 Å². The van der Waals surface area contributed by atoms with Crippen LogP contribution in [0.5, 0.6) is 0 Å². The summed E-state index contributed by atoms with van der Waals surface area (Å²) < 4.78 is 0. The van der Waals surface area contributed by atoms with Crippen molar-refractivity contribution in [1.29, 1.82) is 0 Å². The van der Waals surface area contributed by atoms with Gasteiger partial charge in [-0.15, -0.1) is 37.2 Å². The predicted octanol–water partition coefficient (Wildman–Crippen LogP) is 3.32. The van der Waals surface area contributed by atoms with E-state index in [2.05, 4.69) is 36.7 Å². The van der Waals surface area contributed by atoms with Gasteiger partial charge in [-0.1, -0.05) is 19.9 Å². The van der Waals surface area contributed by atoms with Crippen LogP contribution < -0.4 is 5.73 Å². The van der Waals surface area contributed by atoms with Gasteiger partial charge in [-0.25, -0.2) is 0 Å². The molecule has 0 aliphatic carbocycles. The molecule has 1 saturated heterocycles. The van der Waals surface area contributed by atoms with E-state index in [0.717, 1.165) is 39.0 Å². The van der Waals surface area contributed by atoms with Gasteiger partial charge in [0.1, 0.15) is 0 Å². The molecule has 8 heteroatoms. The van der Waals surface area contributed by atoms with E-state index in [4.69, 9.17) is 5.73 Å². The fraction of sp³-hybridized carbons (Fsp3) is 0.667. The van der Waals surface area contributed by atoms with E-state index in [1.165, 1.54) is 5.56 Å². The first-order valence-electron chi connectivity index (χ1n) is 8.71. The number of aromatic nitrogens is 1. The number of pyridine rings is 1. The molecule has 26 heavy (non-hydrogen) atoms. The number of nitrogens with two attached hydrogens (primary N) is 1. The number of hydrogen-bond donors (Lipinski definition) is 1. The molecule has 0 aromatic carbocycles. The second-order valence-corrected chi connectivity index (χ2v) is 6.48. The third kappa shape index (κ3) is 5.96. The number of carbonyl (C=O) groups is 1. The number of halogens is 3. The van der Waals surface area contributed by atoms with Crippen LogP contribution in [0.3, 0.4) is 0 Å². The van der Waals surface area contributed by atoms with Crippen molar-refractivity contribution in [2.24, 2.45) is 11.1 Å². The standard InChI is InChI=1S/C18H30N4O.3ClH/c1-4-18(5-2,14-19)17(23)22-11-9-21(10-12-22)15(3)16-7-6-8-20-13-16;;;/h6-8,13,15H,4-5,9-12,14,19H2,1-3H3;3*1H. The van der Waals surface area contributed by atoms with Crippen molar-refractivity contribution in [2.45, 2.75) is 39.7 Å². The van der Waals surface area contributed by atoms with Gasteiger partial charge < -0.3 is 10.6 Å². The highest BCUT2D eigenvalue weighted by Crippen LogP contribution is 2.29. The van der Waals surface area contributed by atoms with E-state index in [9.17, 15) is 4.79 Å². The maximum Gasteiger partial charge on any atom is 0.230 e. The van der Waals surface area contributed by atoms with Gasteiger partial charge >= 0.3 is 0 Å². The number of nitrogens with zero attached hydrogens (tertiary/aromatic N) is 3. The molecule has 0 radical (unpaired) electrons. The zero-order valence-corrected chi connectivity index (χ0v) is 18.3. The van der Waals surface area contributed by atoms with Gasteiger partial charge in [0.05, 0.1) is 5.41 Å². The molecule has 1 aliphatic heterocycles. The molecule has 2 heterocycles. The van der Waals surface area contributed by atoms with Crippen LogP contribution >= 0.6 is 37.2 Å². The van der Waals surface area contributed by atoms with E-state index < -0.39 is 0 Å². The molecule has 1 aliphatic rings. The molecule has 2 N–H and O–H groups in total. The summed E-state index contributed by atoms with van der Waals surface area (Å²) >= 11 is 0. The number of rotatable bonds is 6. The second-order valence-electron chi connectivity index (χ2n) is 6.48. The van der Waals surface area contributed by atoms with E-state index in [1.54, 1.807) is 6.20 Å². The summed E-state index contributed by atoms with van der Waals surface area (Å²) in [6, 6.07) is 4.42. The third-order valence-electron chi connectivity index (χ3n) is 5.51. The van der Waals surface area contributed by atoms with Gasteiger partial charge in [-0.3, -0.25) is 14.7 Å².